The fraction of sp³-hybridized carbons (Fsp3) is 0.174. The van der Waals surface area contributed by atoms with Gasteiger partial charge in [0.05, 0.1) is 17.8 Å². The fourth-order valence-corrected chi connectivity index (χ4v) is 3.70. The molecule has 0 spiro atoms. The van der Waals surface area contributed by atoms with Crippen molar-refractivity contribution in [3.63, 3.8) is 0 Å². The van der Waals surface area contributed by atoms with E-state index in [-0.39, 0.29) is 30.1 Å². The summed E-state index contributed by atoms with van der Waals surface area (Å²) in [6.07, 6.45) is 3.12. The largest absolute Gasteiger partial charge is 0.485 e. The van der Waals surface area contributed by atoms with E-state index in [1.807, 2.05) is 36.4 Å². The third-order valence-electron chi connectivity index (χ3n) is 5.22. The zero-order valence-corrected chi connectivity index (χ0v) is 16.2. The van der Waals surface area contributed by atoms with E-state index >= 15 is 0 Å². The number of aryl methyl sites for hydroxylation is 1. The Kier molecular flexibility index (Phi) is 4.43. The van der Waals surface area contributed by atoms with Gasteiger partial charge in [0.2, 0.25) is 5.76 Å². The van der Waals surface area contributed by atoms with Crippen LogP contribution in [0.15, 0.2) is 59.5 Å². The number of nitrogens with zero attached hydrogens (tertiary/aromatic N) is 2. The van der Waals surface area contributed by atoms with E-state index in [1.54, 1.807) is 13.1 Å². The number of ether oxygens (including phenoxy) is 1. The molecule has 30 heavy (non-hydrogen) atoms. The van der Waals surface area contributed by atoms with Crippen molar-refractivity contribution in [3.05, 3.63) is 77.9 Å². The Hall–Kier alpha value is -3.74. The second-order valence-corrected chi connectivity index (χ2v) is 7.28. The zero-order valence-electron chi connectivity index (χ0n) is 16.2. The van der Waals surface area contributed by atoms with Crippen LogP contribution in [0.1, 0.15) is 21.8 Å². The van der Waals surface area contributed by atoms with E-state index in [1.165, 1.54) is 12.5 Å². The lowest BCUT2D eigenvalue weighted by Gasteiger charge is -2.11. The van der Waals surface area contributed by atoms with E-state index in [2.05, 4.69) is 15.3 Å². The number of halogens is 1. The Morgan fingerprint density at radius 2 is 2.07 bits per heavy atom. The third kappa shape index (κ3) is 3.28. The van der Waals surface area contributed by atoms with Gasteiger partial charge in [0.1, 0.15) is 6.10 Å². The summed E-state index contributed by atoms with van der Waals surface area (Å²) in [7, 11) is 0. The molecule has 0 fully saturated rings. The molecule has 1 N–H and O–H groups in total. The summed E-state index contributed by atoms with van der Waals surface area (Å²) in [6.45, 7) is 1.93. The Balaban J connectivity index is 1.34. The highest BCUT2D eigenvalue weighted by molar-refractivity contribution is 5.92. The molecule has 2 aromatic carbocycles. The summed E-state index contributed by atoms with van der Waals surface area (Å²) < 4.78 is 25.6. The van der Waals surface area contributed by atoms with Gasteiger partial charge in [-0.05, 0) is 36.8 Å². The molecule has 150 valence electrons. The SMILES string of the molecule is Cc1ncoc1C(=O)NCC1Cc2cc(-c3cnc4ccccc4c3)cc(F)c2O1. The first kappa shape index (κ1) is 18.3. The Labute approximate surface area is 171 Å². The number of hydrogen-bond acceptors (Lipinski definition) is 5. The summed E-state index contributed by atoms with van der Waals surface area (Å²) in [6, 6.07) is 13.2. The second kappa shape index (κ2) is 7.26. The van der Waals surface area contributed by atoms with Crippen molar-refractivity contribution in [2.75, 3.05) is 6.54 Å². The van der Waals surface area contributed by atoms with Crippen molar-refractivity contribution in [2.45, 2.75) is 19.4 Å². The summed E-state index contributed by atoms with van der Waals surface area (Å²) in [5.74, 6) is -0.381. The molecule has 0 saturated carbocycles. The van der Waals surface area contributed by atoms with Gasteiger partial charge in [-0.1, -0.05) is 18.2 Å². The number of para-hydroxylation sites is 1. The van der Waals surface area contributed by atoms with E-state index in [9.17, 15) is 9.18 Å². The minimum Gasteiger partial charge on any atom is -0.485 e. The van der Waals surface area contributed by atoms with Gasteiger partial charge in [0, 0.05) is 29.1 Å². The Morgan fingerprint density at radius 3 is 2.90 bits per heavy atom. The predicted octanol–water partition coefficient (Wildman–Crippen LogP) is 4.07. The molecule has 0 aliphatic carbocycles. The number of nitrogens with one attached hydrogen (secondary N) is 1. The minimum absolute atomic E-state index is 0.169. The molecule has 0 saturated heterocycles. The van der Waals surface area contributed by atoms with Crippen LogP contribution in [0.2, 0.25) is 0 Å². The van der Waals surface area contributed by atoms with Crippen molar-refractivity contribution in [1.29, 1.82) is 0 Å². The van der Waals surface area contributed by atoms with Gasteiger partial charge in [-0.3, -0.25) is 9.78 Å². The molecule has 1 unspecified atom stereocenters. The molecule has 1 amide bonds. The van der Waals surface area contributed by atoms with Crippen molar-refractivity contribution >= 4 is 16.8 Å². The summed E-state index contributed by atoms with van der Waals surface area (Å²) >= 11 is 0. The molecular formula is C23H18FN3O3. The molecule has 1 atom stereocenters. The number of carbonyl (C=O) groups excluding carboxylic acids is 1. The molecular weight excluding hydrogens is 385 g/mol. The topological polar surface area (TPSA) is 77.3 Å². The monoisotopic (exact) mass is 403 g/mol. The quantitative estimate of drug-likeness (QED) is 0.556. The maximum absolute atomic E-state index is 14.7. The average molecular weight is 403 g/mol. The maximum atomic E-state index is 14.7. The van der Waals surface area contributed by atoms with Crippen molar-refractivity contribution in [3.8, 4) is 16.9 Å². The lowest BCUT2D eigenvalue weighted by atomic mass is 10.0. The fourth-order valence-electron chi connectivity index (χ4n) is 3.70. The number of fused-ring (bicyclic) bond motifs is 2. The number of oxazole rings is 1. The first-order chi connectivity index (χ1) is 14.6. The van der Waals surface area contributed by atoms with E-state index in [0.29, 0.717) is 12.1 Å². The van der Waals surface area contributed by atoms with Crippen LogP contribution in [0, 0.1) is 12.7 Å². The number of rotatable bonds is 4. The number of aromatic nitrogens is 2. The molecule has 2 aromatic heterocycles. The molecule has 5 rings (SSSR count). The van der Waals surface area contributed by atoms with Gasteiger partial charge in [-0.2, -0.15) is 0 Å². The number of amides is 1. The van der Waals surface area contributed by atoms with Crippen LogP contribution in [-0.2, 0) is 6.42 Å². The highest BCUT2D eigenvalue weighted by Crippen LogP contribution is 2.36. The van der Waals surface area contributed by atoms with Crippen LogP contribution in [0.25, 0.3) is 22.0 Å². The van der Waals surface area contributed by atoms with E-state index in [0.717, 1.165) is 27.6 Å². The lowest BCUT2D eigenvalue weighted by molar-refractivity contribution is 0.0904. The van der Waals surface area contributed by atoms with Crippen LogP contribution in [0.5, 0.6) is 5.75 Å². The normalized spacial score (nSPS) is 15.1. The van der Waals surface area contributed by atoms with Crippen LogP contribution >= 0.6 is 0 Å². The van der Waals surface area contributed by atoms with Crippen LogP contribution in [0.3, 0.4) is 0 Å². The highest BCUT2D eigenvalue weighted by atomic mass is 19.1. The number of hydrogen-bond donors (Lipinski definition) is 1. The lowest BCUT2D eigenvalue weighted by Crippen LogP contribution is -2.34. The number of carbonyl (C=O) groups is 1. The second-order valence-electron chi connectivity index (χ2n) is 7.28. The van der Waals surface area contributed by atoms with Crippen LogP contribution in [-0.4, -0.2) is 28.5 Å². The van der Waals surface area contributed by atoms with E-state index < -0.39 is 5.82 Å². The standard InChI is InChI=1S/C23H18FN3O3/c1-13-21(29-12-27-13)23(28)26-11-18-8-16-7-15(9-19(24)22(16)30-18)17-6-14-4-2-3-5-20(14)25-10-17/h2-7,9-10,12,18H,8,11H2,1H3,(H,26,28). The molecule has 7 heteroatoms. The Morgan fingerprint density at radius 1 is 1.20 bits per heavy atom. The number of benzene rings is 2. The van der Waals surface area contributed by atoms with E-state index in [4.69, 9.17) is 9.15 Å². The molecule has 1 aliphatic rings. The summed E-state index contributed by atoms with van der Waals surface area (Å²) in [4.78, 5) is 20.6. The molecule has 4 aromatic rings. The predicted molar refractivity (Wildman–Crippen MR) is 109 cm³/mol. The smallest absolute Gasteiger partial charge is 0.289 e. The van der Waals surface area contributed by atoms with Crippen LogP contribution in [0.4, 0.5) is 4.39 Å². The number of pyridine rings is 1. The van der Waals surface area contributed by atoms with Crippen molar-refractivity contribution in [2.24, 2.45) is 0 Å². The first-order valence-corrected chi connectivity index (χ1v) is 9.61. The highest BCUT2D eigenvalue weighted by Gasteiger charge is 2.28. The molecule has 3 heterocycles. The van der Waals surface area contributed by atoms with Gasteiger partial charge in [-0.15, -0.1) is 0 Å². The first-order valence-electron chi connectivity index (χ1n) is 9.61. The molecule has 6 nitrogen and oxygen atoms in total. The van der Waals surface area contributed by atoms with Gasteiger partial charge in [-0.25, -0.2) is 9.37 Å². The molecule has 1 aliphatic heterocycles. The Bertz CT molecular complexity index is 1270. The summed E-state index contributed by atoms with van der Waals surface area (Å²) in [5, 5.41) is 3.75. The zero-order chi connectivity index (χ0) is 20.7. The summed E-state index contributed by atoms with van der Waals surface area (Å²) in [5.41, 5.74) is 3.77. The molecule has 0 radical (unpaired) electrons. The van der Waals surface area contributed by atoms with Gasteiger partial charge in [0.15, 0.2) is 18.0 Å². The van der Waals surface area contributed by atoms with Crippen LogP contribution < -0.4 is 10.1 Å². The molecule has 0 bridgehead atoms. The van der Waals surface area contributed by atoms with Gasteiger partial charge in [0.25, 0.3) is 5.91 Å². The van der Waals surface area contributed by atoms with Gasteiger partial charge >= 0.3 is 0 Å². The third-order valence-corrected chi connectivity index (χ3v) is 5.22. The van der Waals surface area contributed by atoms with Crippen molar-refractivity contribution in [1.82, 2.24) is 15.3 Å². The van der Waals surface area contributed by atoms with Crippen molar-refractivity contribution < 1.29 is 18.3 Å². The average Bonchev–Trinajstić information content (AvgIpc) is 3.38. The minimum atomic E-state index is -0.421. The maximum Gasteiger partial charge on any atom is 0.289 e. The van der Waals surface area contributed by atoms with Gasteiger partial charge < -0.3 is 14.5 Å².